The molecule has 0 N–H and O–H groups in total. The normalized spacial score (nSPS) is 10.5. The highest BCUT2D eigenvalue weighted by molar-refractivity contribution is 6.37. The van der Waals surface area contributed by atoms with Gasteiger partial charge >= 0.3 is 0 Å². The summed E-state index contributed by atoms with van der Waals surface area (Å²) < 4.78 is 0. The summed E-state index contributed by atoms with van der Waals surface area (Å²) in [5, 5.41) is 0.564. The van der Waals surface area contributed by atoms with Crippen molar-refractivity contribution in [1.82, 2.24) is 19.9 Å². The molecular weight excluding hydrogens is 199 g/mol. The molecule has 0 radical (unpaired) electrons. The molecule has 0 saturated carbocycles. The van der Waals surface area contributed by atoms with Crippen LogP contribution in [0, 0.1) is 0 Å². The third-order valence-corrected chi connectivity index (χ3v) is 1.88. The number of fused-ring (bicyclic) bond motifs is 1. The molecule has 60 valence electrons. The molecule has 0 amide bonds. The van der Waals surface area contributed by atoms with E-state index in [0.717, 1.165) is 0 Å². The average molecular weight is 201 g/mol. The molecule has 2 aromatic rings. The molecule has 2 rings (SSSR count). The van der Waals surface area contributed by atoms with E-state index in [-0.39, 0.29) is 10.3 Å². The van der Waals surface area contributed by atoms with Crippen molar-refractivity contribution in [3.63, 3.8) is 0 Å². The van der Waals surface area contributed by atoms with Crippen LogP contribution in [0.2, 0.25) is 10.3 Å². The maximum atomic E-state index is 5.73. The van der Waals surface area contributed by atoms with Gasteiger partial charge in [0, 0.05) is 0 Å². The van der Waals surface area contributed by atoms with Gasteiger partial charge in [0.1, 0.15) is 23.7 Å². The van der Waals surface area contributed by atoms with Gasteiger partial charge in [-0.05, 0) is 0 Å². The molecule has 4 nitrogen and oxygen atoms in total. The van der Waals surface area contributed by atoms with Gasteiger partial charge in [0.25, 0.3) is 0 Å². The molecular formula is C6H2Cl2N4. The summed E-state index contributed by atoms with van der Waals surface area (Å²) in [5.41, 5.74) is 0.943. The van der Waals surface area contributed by atoms with E-state index < -0.39 is 0 Å². The number of halogens is 2. The number of hydrogen-bond acceptors (Lipinski definition) is 4. The van der Waals surface area contributed by atoms with Crippen LogP contribution in [-0.4, -0.2) is 19.9 Å². The molecule has 0 atom stereocenters. The van der Waals surface area contributed by atoms with E-state index in [4.69, 9.17) is 23.2 Å². The first-order chi connectivity index (χ1) is 5.79. The first kappa shape index (κ1) is 7.64. The second-order valence-electron chi connectivity index (χ2n) is 2.03. The maximum absolute atomic E-state index is 5.73. The zero-order valence-corrected chi connectivity index (χ0v) is 7.21. The van der Waals surface area contributed by atoms with Gasteiger partial charge in [-0.2, -0.15) is 0 Å². The van der Waals surface area contributed by atoms with Crippen LogP contribution >= 0.6 is 23.2 Å². The van der Waals surface area contributed by atoms with Gasteiger partial charge in [-0.1, -0.05) is 23.2 Å². The Morgan fingerprint density at radius 1 is 0.750 bits per heavy atom. The fourth-order valence-corrected chi connectivity index (χ4v) is 1.18. The second kappa shape index (κ2) is 2.80. The Hall–Kier alpha value is -1.00. The fourth-order valence-electron chi connectivity index (χ4n) is 0.821. The molecule has 6 heteroatoms. The van der Waals surface area contributed by atoms with Crippen LogP contribution < -0.4 is 0 Å². The largest absolute Gasteiger partial charge is 0.231 e. The Bertz CT molecular complexity index is 390. The van der Waals surface area contributed by atoms with Crippen molar-refractivity contribution in [2.24, 2.45) is 0 Å². The Morgan fingerprint density at radius 2 is 1.17 bits per heavy atom. The molecule has 0 bridgehead atoms. The lowest BCUT2D eigenvalue weighted by Crippen LogP contribution is -1.89. The van der Waals surface area contributed by atoms with Crippen LogP contribution in [0.4, 0.5) is 0 Å². The molecule has 0 aliphatic carbocycles. The van der Waals surface area contributed by atoms with Gasteiger partial charge in [0.05, 0.1) is 0 Å². The van der Waals surface area contributed by atoms with E-state index in [1.165, 1.54) is 12.7 Å². The lowest BCUT2D eigenvalue weighted by molar-refractivity contribution is 1.15. The summed E-state index contributed by atoms with van der Waals surface area (Å²) in [4.78, 5) is 15.3. The number of aromatic nitrogens is 4. The van der Waals surface area contributed by atoms with E-state index in [1.54, 1.807) is 0 Å². The molecule has 0 aromatic carbocycles. The van der Waals surface area contributed by atoms with Crippen LogP contribution in [0.3, 0.4) is 0 Å². The Morgan fingerprint density at radius 3 is 1.58 bits per heavy atom. The Labute approximate surface area is 77.6 Å². The minimum absolute atomic E-state index is 0.282. The van der Waals surface area contributed by atoms with Gasteiger partial charge in [0.15, 0.2) is 10.3 Å². The summed E-state index contributed by atoms with van der Waals surface area (Å²) in [6.45, 7) is 0. The third kappa shape index (κ3) is 1.09. The Kier molecular flexibility index (Phi) is 1.78. The first-order valence-electron chi connectivity index (χ1n) is 3.06. The van der Waals surface area contributed by atoms with Gasteiger partial charge in [-0.15, -0.1) is 0 Å². The van der Waals surface area contributed by atoms with E-state index in [9.17, 15) is 0 Å². The summed E-state index contributed by atoms with van der Waals surface area (Å²) in [7, 11) is 0. The smallest absolute Gasteiger partial charge is 0.158 e. The molecule has 0 saturated heterocycles. The third-order valence-electron chi connectivity index (χ3n) is 1.33. The highest BCUT2D eigenvalue weighted by Gasteiger charge is 2.05. The van der Waals surface area contributed by atoms with E-state index in [0.29, 0.717) is 11.0 Å². The maximum Gasteiger partial charge on any atom is 0.158 e. The topological polar surface area (TPSA) is 51.6 Å². The van der Waals surface area contributed by atoms with Crippen molar-refractivity contribution in [3.8, 4) is 0 Å². The highest BCUT2D eigenvalue weighted by atomic mass is 35.5. The zero-order chi connectivity index (χ0) is 8.55. The van der Waals surface area contributed by atoms with Crippen molar-refractivity contribution in [2.75, 3.05) is 0 Å². The second-order valence-corrected chi connectivity index (χ2v) is 2.74. The van der Waals surface area contributed by atoms with E-state index in [1.807, 2.05) is 0 Å². The number of nitrogens with zero attached hydrogens (tertiary/aromatic N) is 4. The molecule has 0 aliphatic rings. The molecule has 2 aromatic heterocycles. The molecule has 12 heavy (non-hydrogen) atoms. The van der Waals surface area contributed by atoms with Crippen LogP contribution in [0.15, 0.2) is 12.7 Å². The summed E-state index contributed by atoms with van der Waals surface area (Å²) in [6, 6.07) is 0. The highest BCUT2D eigenvalue weighted by Crippen LogP contribution is 2.20. The van der Waals surface area contributed by atoms with Crippen LogP contribution in [0.1, 0.15) is 0 Å². The van der Waals surface area contributed by atoms with Gasteiger partial charge < -0.3 is 0 Å². The van der Waals surface area contributed by atoms with E-state index >= 15 is 0 Å². The predicted molar refractivity (Wildman–Crippen MR) is 45.1 cm³/mol. The SMILES string of the molecule is Clc1ncnc2c(Cl)ncnc12. The van der Waals surface area contributed by atoms with Gasteiger partial charge in [-0.3, -0.25) is 0 Å². The van der Waals surface area contributed by atoms with Crippen LogP contribution in [0.25, 0.3) is 11.0 Å². The van der Waals surface area contributed by atoms with Crippen molar-refractivity contribution in [2.45, 2.75) is 0 Å². The van der Waals surface area contributed by atoms with Gasteiger partial charge in [0.2, 0.25) is 0 Å². The van der Waals surface area contributed by atoms with Crippen molar-refractivity contribution in [1.29, 1.82) is 0 Å². The van der Waals surface area contributed by atoms with Gasteiger partial charge in [-0.25, -0.2) is 19.9 Å². The molecule has 0 fully saturated rings. The molecule has 0 spiro atoms. The average Bonchev–Trinajstić information content (AvgIpc) is 2.07. The van der Waals surface area contributed by atoms with Crippen molar-refractivity contribution >= 4 is 34.2 Å². The monoisotopic (exact) mass is 200 g/mol. The number of hydrogen-bond donors (Lipinski definition) is 0. The Balaban J connectivity index is 2.94. The zero-order valence-electron chi connectivity index (χ0n) is 5.70. The fraction of sp³-hybridized carbons (Fsp3) is 0. The van der Waals surface area contributed by atoms with Crippen LogP contribution in [-0.2, 0) is 0 Å². The predicted octanol–water partition coefficient (Wildman–Crippen LogP) is 1.73. The molecule has 0 aliphatic heterocycles. The quantitative estimate of drug-likeness (QED) is 0.609. The lowest BCUT2D eigenvalue weighted by Gasteiger charge is -1.96. The summed E-state index contributed by atoms with van der Waals surface area (Å²) in [6.07, 6.45) is 2.64. The first-order valence-corrected chi connectivity index (χ1v) is 3.81. The molecule has 0 unspecified atom stereocenters. The standard InChI is InChI=1S/C6H2Cl2N4/c7-5-4-3(9-1-11-5)6(8)12-2-10-4/h1-2H. The van der Waals surface area contributed by atoms with Crippen molar-refractivity contribution < 1.29 is 0 Å². The minimum atomic E-state index is 0.282. The summed E-state index contributed by atoms with van der Waals surface area (Å²) in [5.74, 6) is 0. The number of rotatable bonds is 0. The van der Waals surface area contributed by atoms with Crippen LogP contribution in [0.5, 0.6) is 0 Å². The lowest BCUT2D eigenvalue weighted by atomic mass is 10.4. The van der Waals surface area contributed by atoms with E-state index in [2.05, 4.69) is 19.9 Å². The van der Waals surface area contributed by atoms with Crippen molar-refractivity contribution in [3.05, 3.63) is 23.0 Å². The minimum Gasteiger partial charge on any atom is -0.231 e. The molecule has 2 heterocycles. The summed E-state index contributed by atoms with van der Waals surface area (Å²) >= 11 is 11.5.